The quantitative estimate of drug-likeness (QED) is 0.556. The summed E-state index contributed by atoms with van der Waals surface area (Å²) < 4.78 is 0. The molecule has 2 aliphatic rings. The zero-order chi connectivity index (χ0) is 8.44. The van der Waals surface area contributed by atoms with Gasteiger partial charge in [-0.1, -0.05) is 24.9 Å². The molecule has 0 aromatic heterocycles. The fourth-order valence-electron chi connectivity index (χ4n) is 2.08. The van der Waals surface area contributed by atoms with Crippen molar-refractivity contribution in [1.29, 1.82) is 0 Å². The molecule has 1 heterocycles. The van der Waals surface area contributed by atoms with E-state index in [0.29, 0.717) is 6.54 Å². The second-order valence-electron chi connectivity index (χ2n) is 3.69. The second-order valence-corrected chi connectivity index (χ2v) is 3.69. The lowest BCUT2D eigenvalue weighted by Crippen LogP contribution is -2.55. The Balaban J connectivity index is 2.09. The Kier molecular flexibility index (Phi) is 2.02. The van der Waals surface area contributed by atoms with Crippen LogP contribution in [0.2, 0.25) is 0 Å². The van der Waals surface area contributed by atoms with Gasteiger partial charge in [0.05, 0.1) is 5.41 Å². The highest BCUT2D eigenvalue weighted by molar-refractivity contribution is 5.77. The molecule has 1 spiro atoms. The molecule has 2 fully saturated rings. The van der Waals surface area contributed by atoms with Crippen LogP contribution in [-0.2, 0) is 9.63 Å². The molecule has 2 N–H and O–H groups in total. The van der Waals surface area contributed by atoms with E-state index >= 15 is 0 Å². The van der Waals surface area contributed by atoms with Gasteiger partial charge in [-0.2, -0.15) is 0 Å². The first-order valence-corrected chi connectivity index (χ1v) is 4.53. The predicted molar refractivity (Wildman–Crippen MR) is 42.7 cm³/mol. The average Bonchev–Trinajstić information content (AvgIpc) is 2.12. The molecular formula is C8H14N2O2. The third-order valence-corrected chi connectivity index (χ3v) is 2.89. The number of hydrogen-bond donors (Lipinski definition) is 2. The summed E-state index contributed by atoms with van der Waals surface area (Å²) in [5.74, 6) is -0.0825. The summed E-state index contributed by atoms with van der Waals surface area (Å²) in [6, 6.07) is 0. The molecule has 0 atom stereocenters. The zero-order valence-corrected chi connectivity index (χ0v) is 7.06. The molecule has 1 aliphatic heterocycles. The van der Waals surface area contributed by atoms with Crippen molar-refractivity contribution in [3.63, 3.8) is 0 Å². The van der Waals surface area contributed by atoms with Gasteiger partial charge in [0.2, 0.25) is 0 Å². The number of hydrogen-bond acceptors (Lipinski definition) is 4. The summed E-state index contributed by atoms with van der Waals surface area (Å²) in [7, 11) is 0. The summed E-state index contributed by atoms with van der Waals surface area (Å²) in [6.45, 7) is 0.714. The maximum Gasteiger partial charge on any atom is 0.333 e. The van der Waals surface area contributed by atoms with Crippen molar-refractivity contribution in [1.82, 2.24) is 11.0 Å². The van der Waals surface area contributed by atoms with Gasteiger partial charge in [-0.25, -0.2) is 10.2 Å². The van der Waals surface area contributed by atoms with Crippen LogP contribution >= 0.6 is 0 Å². The Labute approximate surface area is 71.6 Å². The van der Waals surface area contributed by atoms with Gasteiger partial charge in [-0.15, -0.1) is 0 Å². The topological polar surface area (TPSA) is 50.4 Å². The van der Waals surface area contributed by atoms with Crippen LogP contribution in [-0.4, -0.2) is 12.5 Å². The van der Waals surface area contributed by atoms with E-state index in [1.54, 1.807) is 0 Å². The van der Waals surface area contributed by atoms with Crippen LogP contribution in [0.1, 0.15) is 32.1 Å². The minimum absolute atomic E-state index is 0.0825. The fraction of sp³-hybridized carbons (Fsp3) is 0.875. The first-order valence-electron chi connectivity index (χ1n) is 4.53. The molecule has 1 saturated carbocycles. The van der Waals surface area contributed by atoms with Crippen LogP contribution in [0.5, 0.6) is 0 Å². The van der Waals surface area contributed by atoms with Crippen molar-refractivity contribution >= 4 is 5.97 Å². The van der Waals surface area contributed by atoms with Gasteiger partial charge in [0.25, 0.3) is 0 Å². The Morgan fingerprint density at radius 2 is 2.00 bits per heavy atom. The smallest absolute Gasteiger partial charge is 0.333 e. The summed E-state index contributed by atoms with van der Waals surface area (Å²) >= 11 is 0. The molecule has 68 valence electrons. The largest absolute Gasteiger partial charge is 0.355 e. The van der Waals surface area contributed by atoms with Crippen molar-refractivity contribution in [2.24, 2.45) is 5.41 Å². The molecule has 4 nitrogen and oxygen atoms in total. The van der Waals surface area contributed by atoms with Gasteiger partial charge in [0.1, 0.15) is 0 Å². The average molecular weight is 170 g/mol. The number of rotatable bonds is 0. The van der Waals surface area contributed by atoms with Crippen LogP contribution in [0, 0.1) is 5.41 Å². The highest BCUT2D eigenvalue weighted by atomic mass is 16.7. The Bertz CT molecular complexity index is 179. The molecule has 4 heteroatoms. The van der Waals surface area contributed by atoms with Gasteiger partial charge in [0, 0.05) is 6.54 Å². The molecule has 0 radical (unpaired) electrons. The molecule has 0 bridgehead atoms. The number of nitrogens with one attached hydrogen (secondary N) is 2. The Morgan fingerprint density at radius 1 is 1.25 bits per heavy atom. The van der Waals surface area contributed by atoms with Gasteiger partial charge >= 0.3 is 5.97 Å². The lowest BCUT2D eigenvalue weighted by molar-refractivity contribution is -0.178. The molecule has 1 saturated heterocycles. The van der Waals surface area contributed by atoms with Crippen molar-refractivity contribution in [3.05, 3.63) is 0 Å². The van der Waals surface area contributed by atoms with E-state index < -0.39 is 0 Å². The molecule has 1 aliphatic carbocycles. The maximum atomic E-state index is 11.4. The third-order valence-electron chi connectivity index (χ3n) is 2.89. The van der Waals surface area contributed by atoms with E-state index in [1.807, 2.05) is 0 Å². The summed E-state index contributed by atoms with van der Waals surface area (Å²) in [6.07, 6.45) is 5.50. The van der Waals surface area contributed by atoms with Crippen LogP contribution < -0.4 is 11.0 Å². The zero-order valence-electron chi connectivity index (χ0n) is 7.06. The SMILES string of the molecule is O=C1ONNCC12CCCCC2. The van der Waals surface area contributed by atoms with E-state index in [4.69, 9.17) is 4.84 Å². The summed E-state index contributed by atoms with van der Waals surface area (Å²) in [4.78, 5) is 16.2. The van der Waals surface area contributed by atoms with E-state index in [1.165, 1.54) is 6.42 Å². The van der Waals surface area contributed by atoms with Crippen molar-refractivity contribution in [3.8, 4) is 0 Å². The van der Waals surface area contributed by atoms with Gasteiger partial charge < -0.3 is 4.84 Å². The summed E-state index contributed by atoms with van der Waals surface area (Å²) in [5.41, 5.74) is 5.07. The van der Waals surface area contributed by atoms with Gasteiger partial charge in [-0.05, 0) is 12.8 Å². The van der Waals surface area contributed by atoms with Crippen molar-refractivity contribution in [2.75, 3.05) is 6.54 Å². The van der Waals surface area contributed by atoms with Crippen LogP contribution in [0.15, 0.2) is 0 Å². The molecule has 0 amide bonds. The van der Waals surface area contributed by atoms with E-state index in [9.17, 15) is 4.79 Å². The normalized spacial score (nSPS) is 28.5. The first kappa shape index (κ1) is 8.01. The van der Waals surface area contributed by atoms with Crippen LogP contribution in [0.4, 0.5) is 0 Å². The molecule has 0 aromatic rings. The van der Waals surface area contributed by atoms with E-state index in [0.717, 1.165) is 25.7 Å². The van der Waals surface area contributed by atoms with E-state index in [2.05, 4.69) is 11.0 Å². The van der Waals surface area contributed by atoms with Gasteiger partial charge in [0.15, 0.2) is 0 Å². The number of hydrazine groups is 1. The predicted octanol–water partition coefficient (Wildman–Crippen LogP) is 0.503. The second kappa shape index (κ2) is 3.03. The Morgan fingerprint density at radius 3 is 2.67 bits per heavy atom. The monoisotopic (exact) mass is 170 g/mol. The minimum atomic E-state index is -0.219. The maximum absolute atomic E-state index is 11.4. The third kappa shape index (κ3) is 1.21. The Hall–Kier alpha value is -0.610. The lowest BCUT2D eigenvalue weighted by Gasteiger charge is -2.37. The highest BCUT2D eigenvalue weighted by Gasteiger charge is 2.43. The lowest BCUT2D eigenvalue weighted by atomic mass is 9.74. The fourth-order valence-corrected chi connectivity index (χ4v) is 2.08. The molecule has 0 aromatic carbocycles. The molecule has 2 rings (SSSR count). The van der Waals surface area contributed by atoms with Crippen LogP contribution in [0.25, 0.3) is 0 Å². The van der Waals surface area contributed by atoms with Crippen molar-refractivity contribution < 1.29 is 9.63 Å². The highest BCUT2D eigenvalue weighted by Crippen LogP contribution is 2.37. The standard InChI is InChI=1S/C8H14N2O2/c11-7-8(6-9-10-12-7)4-2-1-3-5-8/h9-10H,1-6H2. The first-order chi connectivity index (χ1) is 5.83. The van der Waals surface area contributed by atoms with Crippen LogP contribution in [0.3, 0.4) is 0 Å². The van der Waals surface area contributed by atoms with Crippen molar-refractivity contribution in [2.45, 2.75) is 32.1 Å². The van der Waals surface area contributed by atoms with Gasteiger partial charge in [-0.3, -0.25) is 0 Å². The molecular weight excluding hydrogens is 156 g/mol. The molecule has 12 heavy (non-hydrogen) atoms. The minimum Gasteiger partial charge on any atom is -0.355 e. The summed E-state index contributed by atoms with van der Waals surface area (Å²) in [5, 5.41) is 0. The van der Waals surface area contributed by atoms with E-state index in [-0.39, 0.29) is 11.4 Å². The molecule has 0 unspecified atom stereocenters. The number of carbonyl (C=O) groups excluding carboxylic acids is 1. The number of carbonyl (C=O) groups is 1.